The molecule has 96 valence electrons. The quantitative estimate of drug-likeness (QED) is 0.664. The third-order valence-electron chi connectivity index (χ3n) is 2.53. The van der Waals surface area contributed by atoms with E-state index in [9.17, 15) is 13.2 Å². The zero-order chi connectivity index (χ0) is 13.9. The van der Waals surface area contributed by atoms with Gasteiger partial charge in [-0.3, -0.25) is 0 Å². The Morgan fingerprint density at radius 1 is 1.17 bits per heavy atom. The van der Waals surface area contributed by atoms with Crippen molar-refractivity contribution in [2.24, 2.45) is 0 Å². The molecule has 0 aliphatic rings. The Hall–Kier alpha value is -1.77. The molecule has 0 spiro atoms. The van der Waals surface area contributed by atoms with Crippen LogP contribution in [0.4, 0.5) is 13.2 Å². The standard InChI is InChI=1S/C15H15F3/c1-9(2)14(17)15(18)11(4)7-12-6-5-10(3)13(16)8-12/h5-6,8H,1,4,7H2,2-3H3/b15-14-. The smallest absolute Gasteiger partial charge is 0.162 e. The predicted octanol–water partition coefficient (Wildman–Crippen LogP) is 4.96. The molecule has 0 N–H and O–H groups in total. The second kappa shape index (κ2) is 5.71. The number of hydrogen-bond donors (Lipinski definition) is 0. The van der Waals surface area contributed by atoms with Crippen molar-refractivity contribution in [1.82, 2.24) is 0 Å². The average Bonchev–Trinajstić information content (AvgIpc) is 2.31. The van der Waals surface area contributed by atoms with Gasteiger partial charge in [0.05, 0.1) is 0 Å². The lowest BCUT2D eigenvalue weighted by atomic mass is 10.0. The lowest BCUT2D eigenvalue weighted by Gasteiger charge is -2.06. The molecule has 1 aromatic carbocycles. The van der Waals surface area contributed by atoms with Gasteiger partial charge in [-0.25, -0.2) is 13.2 Å². The minimum atomic E-state index is -1.02. The second-order valence-electron chi connectivity index (χ2n) is 4.27. The van der Waals surface area contributed by atoms with E-state index in [2.05, 4.69) is 13.2 Å². The Morgan fingerprint density at radius 2 is 1.78 bits per heavy atom. The number of allylic oxidation sites excluding steroid dienone is 4. The molecule has 0 aliphatic heterocycles. The molecule has 18 heavy (non-hydrogen) atoms. The van der Waals surface area contributed by atoms with Gasteiger partial charge in [-0.1, -0.05) is 25.3 Å². The third kappa shape index (κ3) is 3.36. The van der Waals surface area contributed by atoms with Gasteiger partial charge >= 0.3 is 0 Å². The van der Waals surface area contributed by atoms with Crippen LogP contribution in [-0.2, 0) is 6.42 Å². The molecule has 0 bridgehead atoms. The molecule has 0 saturated carbocycles. The van der Waals surface area contributed by atoms with E-state index < -0.39 is 11.7 Å². The highest BCUT2D eigenvalue weighted by Gasteiger charge is 2.12. The Morgan fingerprint density at radius 3 is 2.28 bits per heavy atom. The highest BCUT2D eigenvalue weighted by Crippen LogP contribution is 2.24. The maximum atomic E-state index is 13.6. The van der Waals surface area contributed by atoms with Crippen molar-refractivity contribution >= 4 is 0 Å². The van der Waals surface area contributed by atoms with Crippen molar-refractivity contribution < 1.29 is 13.2 Å². The molecule has 0 nitrogen and oxygen atoms in total. The zero-order valence-corrected chi connectivity index (χ0v) is 10.5. The van der Waals surface area contributed by atoms with Crippen LogP contribution in [0.3, 0.4) is 0 Å². The van der Waals surface area contributed by atoms with Crippen molar-refractivity contribution in [3.63, 3.8) is 0 Å². The summed E-state index contributed by atoms with van der Waals surface area (Å²) in [6.07, 6.45) is 0.0593. The minimum Gasteiger partial charge on any atom is -0.207 e. The summed E-state index contributed by atoms with van der Waals surface area (Å²) in [6.45, 7) is 9.79. The fourth-order valence-electron chi connectivity index (χ4n) is 1.41. The summed E-state index contributed by atoms with van der Waals surface area (Å²) in [4.78, 5) is 0. The summed E-state index contributed by atoms with van der Waals surface area (Å²) in [6, 6.07) is 4.55. The Labute approximate surface area is 105 Å². The SMILES string of the molecule is C=C(C)/C(F)=C(/F)C(=C)Cc1ccc(C)c(F)c1. The maximum Gasteiger partial charge on any atom is 0.162 e. The summed E-state index contributed by atoms with van der Waals surface area (Å²) >= 11 is 0. The zero-order valence-electron chi connectivity index (χ0n) is 10.5. The molecule has 3 heteroatoms. The van der Waals surface area contributed by atoms with Gasteiger partial charge in [0.25, 0.3) is 0 Å². The van der Waals surface area contributed by atoms with Crippen molar-refractivity contribution in [1.29, 1.82) is 0 Å². The number of benzene rings is 1. The molecule has 0 fully saturated rings. The van der Waals surface area contributed by atoms with E-state index >= 15 is 0 Å². The highest BCUT2D eigenvalue weighted by molar-refractivity contribution is 5.37. The molecule has 0 unspecified atom stereocenters. The number of aryl methyl sites for hydroxylation is 1. The largest absolute Gasteiger partial charge is 0.207 e. The number of halogens is 3. The lowest BCUT2D eigenvalue weighted by molar-refractivity contribution is 0.552. The van der Waals surface area contributed by atoms with E-state index in [4.69, 9.17) is 0 Å². The first-order chi connectivity index (χ1) is 8.32. The molecular weight excluding hydrogens is 237 g/mol. The van der Waals surface area contributed by atoms with Crippen molar-refractivity contribution in [2.45, 2.75) is 20.3 Å². The van der Waals surface area contributed by atoms with Crippen LogP contribution in [0.1, 0.15) is 18.1 Å². The molecule has 0 heterocycles. The van der Waals surface area contributed by atoms with Gasteiger partial charge < -0.3 is 0 Å². The van der Waals surface area contributed by atoms with E-state index in [1.807, 2.05) is 0 Å². The van der Waals surface area contributed by atoms with Crippen LogP contribution < -0.4 is 0 Å². The van der Waals surface area contributed by atoms with Crippen LogP contribution >= 0.6 is 0 Å². The van der Waals surface area contributed by atoms with Gasteiger partial charge in [0.2, 0.25) is 0 Å². The van der Waals surface area contributed by atoms with Crippen LogP contribution in [0.15, 0.2) is 54.2 Å². The van der Waals surface area contributed by atoms with Gasteiger partial charge in [0.15, 0.2) is 11.7 Å². The summed E-state index contributed by atoms with van der Waals surface area (Å²) < 4.78 is 40.1. The Bertz CT molecular complexity index is 525. The van der Waals surface area contributed by atoms with E-state index in [0.717, 1.165) is 0 Å². The topological polar surface area (TPSA) is 0 Å². The molecular formula is C15H15F3. The monoisotopic (exact) mass is 252 g/mol. The van der Waals surface area contributed by atoms with Crippen LogP contribution in [0, 0.1) is 12.7 Å². The molecule has 0 amide bonds. The summed E-state index contributed by atoms with van der Waals surface area (Å²) in [5.74, 6) is -2.40. The lowest BCUT2D eigenvalue weighted by Crippen LogP contribution is -1.95. The second-order valence-corrected chi connectivity index (χ2v) is 4.27. The van der Waals surface area contributed by atoms with E-state index in [1.165, 1.54) is 13.0 Å². The molecule has 1 aromatic rings. The summed E-state index contributed by atoms with van der Waals surface area (Å²) in [5, 5.41) is 0. The Kier molecular flexibility index (Phi) is 4.54. The van der Waals surface area contributed by atoms with E-state index in [1.54, 1.807) is 19.1 Å². The molecule has 1 rings (SSSR count). The first kappa shape index (κ1) is 14.3. The number of hydrogen-bond acceptors (Lipinski definition) is 0. The van der Waals surface area contributed by atoms with Crippen LogP contribution in [0.25, 0.3) is 0 Å². The van der Waals surface area contributed by atoms with Gasteiger partial charge in [0, 0.05) is 0 Å². The summed E-state index contributed by atoms with van der Waals surface area (Å²) in [7, 11) is 0. The molecule has 0 saturated heterocycles. The first-order valence-electron chi connectivity index (χ1n) is 5.47. The van der Waals surface area contributed by atoms with Crippen LogP contribution in [0.2, 0.25) is 0 Å². The number of rotatable bonds is 4. The van der Waals surface area contributed by atoms with Gasteiger partial charge in [-0.2, -0.15) is 0 Å². The molecule has 0 atom stereocenters. The molecule has 0 aromatic heterocycles. The van der Waals surface area contributed by atoms with Gasteiger partial charge in [0.1, 0.15) is 5.82 Å². The average molecular weight is 252 g/mol. The summed E-state index contributed by atoms with van der Waals surface area (Å²) in [5.41, 5.74) is 1.03. The van der Waals surface area contributed by atoms with Crippen LogP contribution in [-0.4, -0.2) is 0 Å². The fourth-order valence-corrected chi connectivity index (χ4v) is 1.41. The van der Waals surface area contributed by atoms with Crippen molar-refractivity contribution in [3.8, 4) is 0 Å². The Balaban J connectivity index is 2.92. The van der Waals surface area contributed by atoms with Gasteiger partial charge in [-0.05, 0) is 48.6 Å². The molecule has 0 radical (unpaired) electrons. The first-order valence-corrected chi connectivity index (χ1v) is 5.47. The fraction of sp³-hybridized carbons (Fsp3) is 0.200. The maximum absolute atomic E-state index is 13.6. The highest BCUT2D eigenvalue weighted by atomic mass is 19.2. The minimum absolute atomic E-state index is 0.00346. The predicted molar refractivity (Wildman–Crippen MR) is 68.0 cm³/mol. The van der Waals surface area contributed by atoms with Crippen LogP contribution in [0.5, 0.6) is 0 Å². The third-order valence-corrected chi connectivity index (χ3v) is 2.53. The van der Waals surface area contributed by atoms with Crippen molar-refractivity contribution in [3.05, 3.63) is 71.1 Å². The normalized spacial score (nSPS) is 12.1. The van der Waals surface area contributed by atoms with Gasteiger partial charge in [-0.15, -0.1) is 0 Å². The van der Waals surface area contributed by atoms with E-state index in [-0.39, 0.29) is 23.4 Å². The molecule has 0 aliphatic carbocycles. The van der Waals surface area contributed by atoms with Crippen molar-refractivity contribution in [2.75, 3.05) is 0 Å². The van der Waals surface area contributed by atoms with E-state index in [0.29, 0.717) is 11.1 Å².